The van der Waals surface area contributed by atoms with Gasteiger partial charge in [-0.05, 0) is 0 Å². The van der Waals surface area contributed by atoms with Crippen molar-refractivity contribution in [1.29, 1.82) is 0 Å². The topological polar surface area (TPSA) is 49.4 Å². The average molecular weight is 223 g/mol. The summed E-state index contributed by atoms with van der Waals surface area (Å²) in [6.07, 6.45) is 1.78. The molecule has 0 spiro atoms. The number of carbonyl (C=O) groups is 2. The summed E-state index contributed by atoms with van der Waals surface area (Å²) in [6.45, 7) is 0.115. The zero-order valence-electron chi connectivity index (χ0n) is 9.89. The first kappa shape index (κ1) is 10.7. The van der Waals surface area contributed by atoms with E-state index in [9.17, 15) is 9.59 Å². The number of hydrogen-bond donors (Lipinski definition) is 0. The molecule has 1 aliphatic heterocycles. The first-order valence-electron chi connectivity index (χ1n) is 5.00. The molecule has 0 atom stereocenters. The van der Waals surface area contributed by atoms with E-state index in [4.69, 9.17) is 0 Å². The van der Waals surface area contributed by atoms with E-state index in [2.05, 4.69) is 0 Å². The summed E-state index contributed by atoms with van der Waals surface area (Å²) in [5.74, 6) is 0.425. The Morgan fingerprint density at radius 3 is 2.50 bits per heavy atom. The Balaban J connectivity index is 2.69. The Bertz CT molecular complexity index is 477. The van der Waals surface area contributed by atoms with Crippen molar-refractivity contribution in [2.75, 3.05) is 25.5 Å². The standard InChI is InChI=1S/C10H15N4O2/c1-11-5-7(15)14(4)9-8(10(11)16)12(2)6-13(9)3/h6H,5H2,1-4H3/q+1. The van der Waals surface area contributed by atoms with Crippen molar-refractivity contribution in [1.82, 2.24) is 9.47 Å². The van der Waals surface area contributed by atoms with Gasteiger partial charge in [0.05, 0.1) is 21.1 Å². The fraction of sp³-hybridized carbons (Fsp3) is 0.500. The van der Waals surface area contributed by atoms with Gasteiger partial charge in [0.25, 0.3) is 11.7 Å². The van der Waals surface area contributed by atoms with E-state index in [1.807, 2.05) is 7.05 Å². The molecule has 16 heavy (non-hydrogen) atoms. The number of hydrogen-bond acceptors (Lipinski definition) is 2. The van der Waals surface area contributed by atoms with Crippen LogP contribution in [0.2, 0.25) is 0 Å². The molecular formula is C10H15N4O2+. The maximum Gasteiger partial charge on any atom is 0.301 e. The largest absolute Gasteiger partial charge is 0.328 e. The molecule has 6 nitrogen and oxygen atoms in total. The van der Waals surface area contributed by atoms with Crippen LogP contribution in [0.1, 0.15) is 10.5 Å². The highest BCUT2D eigenvalue weighted by Gasteiger charge is 2.37. The van der Waals surface area contributed by atoms with Crippen molar-refractivity contribution in [3.05, 3.63) is 12.0 Å². The van der Waals surface area contributed by atoms with Gasteiger partial charge in [-0.2, -0.15) is 0 Å². The maximum atomic E-state index is 12.1. The van der Waals surface area contributed by atoms with Crippen LogP contribution in [0, 0.1) is 0 Å². The number of anilines is 1. The van der Waals surface area contributed by atoms with Crippen molar-refractivity contribution in [2.24, 2.45) is 14.1 Å². The molecule has 1 aromatic heterocycles. The quantitative estimate of drug-likeness (QED) is 0.524. The molecule has 2 rings (SSSR count). The smallest absolute Gasteiger partial charge is 0.301 e. The number of aromatic nitrogens is 2. The summed E-state index contributed by atoms with van der Waals surface area (Å²) in [5, 5.41) is 0. The third-order valence-corrected chi connectivity index (χ3v) is 2.86. The number of rotatable bonds is 0. The Morgan fingerprint density at radius 2 is 1.88 bits per heavy atom. The van der Waals surface area contributed by atoms with Crippen LogP contribution in [0.3, 0.4) is 0 Å². The van der Waals surface area contributed by atoms with Crippen LogP contribution in [-0.4, -0.2) is 41.9 Å². The van der Waals surface area contributed by atoms with Crippen molar-refractivity contribution < 1.29 is 14.2 Å². The molecule has 1 aliphatic rings. The van der Waals surface area contributed by atoms with E-state index in [0.717, 1.165) is 0 Å². The lowest BCUT2D eigenvalue weighted by Crippen LogP contribution is -2.40. The minimum atomic E-state index is -0.129. The van der Waals surface area contributed by atoms with Gasteiger partial charge in [-0.1, -0.05) is 0 Å². The van der Waals surface area contributed by atoms with Gasteiger partial charge in [0.2, 0.25) is 5.69 Å². The Hall–Kier alpha value is -1.85. The van der Waals surface area contributed by atoms with Gasteiger partial charge in [-0.3, -0.25) is 14.2 Å². The average Bonchev–Trinajstić information content (AvgIpc) is 2.46. The van der Waals surface area contributed by atoms with Crippen molar-refractivity contribution in [2.45, 2.75) is 0 Å². The fourth-order valence-electron chi connectivity index (χ4n) is 2.02. The Labute approximate surface area is 93.7 Å². The zero-order valence-corrected chi connectivity index (χ0v) is 9.89. The lowest BCUT2D eigenvalue weighted by Gasteiger charge is -2.11. The van der Waals surface area contributed by atoms with Crippen molar-refractivity contribution in [3.8, 4) is 0 Å². The summed E-state index contributed by atoms with van der Waals surface area (Å²) < 4.78 is 3.52. The van der Waals surface area contributed by atoms with E-state index >= 15 is 0 Å². The highest BCUT2D eigenvalue weighted by atomic mass is 16.2. The molecule has 86 valence electrons. The molecule has 0 radical (unpaired) electrons. The summed E-state index contributed by atoms with van der Waals surface area (Å²) in [6, 6.07) is 0. The molecule has 0 aromatic carbocycles. The van der Waals surface area contributed by atoms with Crippen LogP contribution in [0.4, 0.5) is 5.82 Å². The molecule has 0 fully saturated rings. The molecule has 2 amide bonds. The van der Waals surface area contributed by atoms with Crippen LogP contribution >= 0.6 is 0 Å². The second kappa shape index (κ2) is 3.33. The maximum absolute atomic E-state index is 12.1. The Morgan fingerprint density at radius 1 is 1.25 bits per heavy atom. The Kier molecular flexibility index (Phi) is 2.22. The molecule has 2 heterocycles. The van der Waals surface area contributed by atoms with Crippen molar-refractivity contribution >= 4 is 17.6 Å². The third-order valence-electron chi connectivity index (χ3n) is 2.86. The second-order valence-electron chi connectivity index (χ2n) is 4.12. The number of amides is 2. The molecule has 0 saturated heterocycles. The normalized spacial score (nSPS) is 16.5. The molecule has 0 bridgehead atoms. The lowest BCUT2D eigenvalue weighted by molar-refractivity contribution is -0.658. The van der Waals surface area contributed by atoms with E-state index in [1.165, 1.54) is 9.80 Å². The monoisotopic (exact) mass is 223 g/mol. The molecular weight excluding hydrogens is 208 g/mol. The first-order chi connectivity index (χ1) is 7.43. The lowest BCUT2D eigenvalue weighted by atomic mass is 10.3. The zero-order chi connectivity index (χ0) is 12.0. The van der Waals surface area contributed by atoms with Gasteiger partial charge in [0, 0.05) is 7.05 Å². The van der Waals surface area contributed by atoms with Crippen LogP contribution in [0.25, 0.3) is 0 Å². The van der Waals surface area contributed by atoms with E-state index in [-0.39, 0.29) is 18.4 Å². The number of aryl methyl sites for hydroxylation is 2. The van der Waals surface area contributed by atoms with Gasteiger partial charge in [0.1, 0.15) is 6.54 Å². The summed E-state index contributed by atoms with van der Waals surface area (Å²) in [7, 11) is 6.94. The highest BCUT2D eigenvalue weighted by Crippen LogP contribution is 2.19. The van der Waals surface area contributed by atoms with E-state index in [1.54, 1.807) is 36.6 Å². The molecule has 0 saturated carbocycles. The second-order valence-corrected chi connectivity index (χ2v) is 4.12. The molecule has 6 heteroatoms. The van der Waals surface area contributed by atoms with E-state index < -0.39 is 0 Å². The minimum Gasteiger partial charge on any atom is -0.328 e. The number of nitrogens with zero attached hydrogens (tertiary/aromatic N) is 4. The SMILES string of the molecule is CN1CC(=O)N(C)c2c(n(C)c[n+]2C)C1=O. The number of carbonyl (C=O) groups excluding carboxylic acids is 2. The van der Waals surface area contributed by atoms with Crippen LogP contribution in [0.15, 0.2) is 6.33 Å². The first-order valence-corrected chi connectivity index (χ1v) is 5.00. The molecule has 0 aliphatic carbocycles. The summed E-state index contributed by atoms with van der Waals surface area (Å²) >= 11 is 0. The minimum absolute atomic E-state index is 0.0867. The third kappa shape index (κ3) is 1.30. The number of likely N-dealkylation sites (N-methyl/N-ethyl adjacent to an activating group) is 2. The summed E-state index contributed by atoms with van der Waals surface area (Å²) in [4.78, 5) is 26.8. The fourth-order valence-corrected chi connectivity index (χ4v) is 2.02. The van der Waals surface area contributed by atoms with Gasteiger partial charge in [-0.15, -0.1) is 0 Å². The van der Waals surface area contributed by atoms with Gasteiger partial charge in [0.15, 0.2) is 6.33 Å². The van der Waals surface area contributed by atoms with Gasteiger partial charge >= 0.3 is 5.91 Å². The predicted molar refractivity (Wildman–Crippen MR) is 57.0 cm³/mol. The van der Waals surface area contributed by atoms with Crippen molar-refractivity contribution in [3.63, 3.8) is 0 Å². The van der Waals surface area contributed by atoms with Crippen LogP contribution in [-0.2, 0) is 18.9 Å². The molecule has 1 aromatic rings. The van der Waals surface area contributed by atoms with E-state index in [0.29, 0.717) is 11.5 Å². The number of imidazole rings is 1. The molecule has 0 N–H and O–H groups in total. The van der Waals surface area contributed by atoms with Gasteiger partial charge in [-0.25, -0.2) is 9.47 Å². The summed E-state index contributed by atoms with van der Waals surface area (Å²) in [5.41, 5.74) is 0.540. The predicted octanol–water partition coefficient (Wildman–Crippen LogP) is -1.10. The highest BCUT2D eigenvalue weighted by molar-refractivity contribution is 6.06. The number of fused-ring (bicyclic) bond motifs is 1. The van der Waals surface area contributed by atoms with Gasteiger partial charge < -0.3 is 4.90 Å². The molecule has 0 unspecified atom stereocenters. The van der Waals surface area contributed by atoms with Crippen LogP contribution in [0.5, 0.6) is 0 Å². The van der Waals surface area contributed by atoms with Crippen LogP contribution < -0.4 is 9.47 Å².